The lowest BCUT2D eigenvalue weighted by Gasteiger charge is -2.33. The average Bonchev–Trinajstić information content (AvgIpc) is 3.42. The van der Waals surface area contributed by atoms with Crippen molar-refractivity contribution in [1.29, 1.82) is 0 Å². The van der Waals surface area contributed by atoms with Crippen LogP contribution in [-0.4, -0.2) is 33.4 Å². The molecule has 1 atom stereocenters. The maximum atomic E-state index is 11.8. The standard InChI is InChI=1S/C39H40ClN2O5S/c1-5-46-38(43)15-10-20-47-29-17-19-31-30(24-29)28(22-36(40)42(31)25-26-11-7-6-8-12-26)23-37-41(2)32-18-16-27(21-35(32)48-37)39-33(44-3)13-9-14-34(39)45-4/h6-9,11-14,16-19,21-22,24,28H,5,10,15,20,23,25H2,1-4H3/q+1. The van der Waals surface area contributed by atoms with Gasteiger partial charge in [0, 0.05) is 30.6 Å². The lowest BCUT2D eigenvalue weighted by Crippen LogP contribution is -2.32. The molecule has 248 valence electrons. The Balaban J connectivity index is 1.31. The molecule has 7 nitrogen and oxygen atoms in total. The Morgan fingerprint density at radius 2 is 1.73 bits per heavy atom. The summed E-state index contributed by atoms with van der Waals surface area (Å²) in [6.45, 7) is 3.28. The first-order valence-electron chi connectivity index (χ1n) is 16.1. The molecule has 1 unspecified atom stereocenters. The number of methoxy groups -OCH3 is 2. The molecule has 0 saturated carbocycles. The second-order valence-corrected chi connectivity index (χ2v) is 13.1. The summed E-state index contributed by atoms with van der Waals surface area (Å²) >= 11 is 8.85. The molecule has 9 heteroatoms. The van der Waals surface area contributed by atoms with Crippen LogP contribution in [0, 0.1) is 0 Å². The number of aromatic nitrogens is 1. The van der Waals surface area contributed by atoms with E-state index in [-0.39, 0.29) is 11.9 Å². The fourth-order valence-electron chi connectivity index (χ4n) is 6.22. The number of hydrogen-bond donors (Lipinski definition) is 0. The molecule has 0 amide bonds. The molecule has 48 heavy (non-hydrogen) atoms. The van der Waals surface area contributed by atoms with Crippen LogP contribution >= 0.6 is 22.9 Å². The lowest BCUT2D eigenvalue weighted by molar-refractivity contribution is -0.648. The molecule has 1 aliphatic heterocycles. The lowest BCUT2D eigenvalue weighted by atomic mass is 9.90. The van der Waals surface area contributed by atoms with E-state index in [1.165, 1.54) is 15.3 Å². The zero-order valence-corrected chi connectivity index (χ0v) is 29.3. The third-order valence-corrected chi connectivity index (χ3v) is 10.2. The molecule has 0 radical (unpaired) electrons. The number of fused-ring (bicyclic) bond motifs is 2. The van der Waals surface area contributed by atoms with E-state index in [0.29, 0.717) is 37.8 Å². The quantitative estimate of drug-likeness (QED) is 0.0537. The molecule has 0 fully saturated rings. The van der Waals surface area contributed by atoms with E-state index in [4.69, 9.17) is 30.5 Å². The number of hydrogen-bond acceptors (Lipinski definition) is 7. The van der Waals surface area contributed by atoms with Crippen LogP contribution < -0.4 is 23.7 Å². The number of allylic oxidation sites excluding steroid dienone is 1. The summed E-state index contributed by atoms with van der Waals surface area (Å²) in [6, 6.07) is 28.9. The van der Waals surface area contributed by atoms with Gasteiger partial charge in [-0.3, -0.25) is 4.79 Å². The van der Waals surface area contributed by atoms with Gasteiger partial charge in [-0.05, 0) is 78.6 Å². The molecule has 0 N–H and O–H groups in total. The maximum absolute atomic E-state index is 11.8. The summed E-state index contributed by atoms with van der Waals surface area (Å²) in [5.74, 6) is 2.13. The van der Waals surface area contributed by atoms with E-state index in [1.807, 2.05) is 49.4 Å². The number of esters is 1. The smallest absolute Gasteiger partial charge is 0.305 e. The van der Waals surface area contributed by atoms with Crippen LogP contribution in [0.4, 0.5) is 5.69 Å². The zero-order chi connectivity index (χ0) is 33.6. The molecular weight excluding hydrogens is 644 g/mol. The van der Waals surface area contributed by atoms with E-state index in [9.17, 15) is 4.79 Å². The summed E-state index contributed by atoms with van der Waals surface area (Å²) in [7, 11) is 5.49. The van der Waals surface area contributed by atoms with Crippen molar-refractivity contribution in [1.82, 2.24) is 0 Å². The van der Waals surface area contributed by atoms with E-state index >= 15 is 0 Å². The first-order valence-corrected chi connectivity index (χ1v) is 17.3. The van der Waals surface area contributed by atoms with Crippen molar-refractivity contribution < 1.29 is 28.3 Å². The second kappa shape index (κ2) is 15.1. The van der Waals surface area contributed by atoms with Crippen molar-refractivity contribution in [2.75, 3.05) is 32.3 Å². The van der Waals surface area contributed by atoms with Gasteiger partial charge in [0.25, 0.3) is 0 Å². The summed E-state index contributed by atoms with van der Waals surface area (Å²) in [5, 5.41) is 1.93. The highest BCUT2D eigenvalue weighted by atomic mass is 35.5. The number of nitrogens with zero attached hydrogens (tertiary/aromatic N) is 2. The number of aryl methyl sites for hydroxylation is 1. The highest BCUT2D eigenvalue weighted by Crippen LogP contribution is 2.44. The van der Waals surface area contributed by atoms with Crippen LogP contribution in [-0.2, 0) is 29.5 Å². The highest BCUT2D eigenvalue weighted by Gasteiger charge is 2.30. The molecule has 5 aromatic rings. The number of benzene rings is 4. The summed E-state index contributed by atoms with van der Waals surface area (Å²) in [6.07, 6.45) is 3.84. The number of anilines is 1. The minimum Gasteiger partial charge on any atom is -0.496 e. The molecule has 0 spiro atoms. The predicted molar refractivity (Wildman–Crippen MR) is 192 cm³/mol. The van der Waals surface area contributed by atoms with E-state index in [0.717, 1.165) is 51.6 Å². The first kappa shape index (κ1) is 33.4. The van der Waals surface area contributed by atoms with Crippen molar-refractivity contribution in [3.8, 4) is 28.4 Å². The summed E-state index contributed by atoms with van der Waals surface area (Å²) in [5.41, 5.74) is 6.51. The molecule has 4 aromatic carbocycles. The number of halogens is 1. The molecule has 0 aliphatic carbocycles. The Morgan fingerprint density at radius 1 is 0.958 bits per heavy atom. The third-order valence-electron chi connectivity index (χ3n) is 8.60. The van der Waals surface area contributed by atoms with Crippen molar-refractivity contribution >= 4 is 44.8 Å². The predicted octanol–water partition coefficient (Wildman–Crippen LogP) is 8.56. The highest BCUT2D eigenvalue weighted by molar-refractivity contribution is 7.18. The van der Waals surface area contributed by atoms with Gasteiger partial charge in [0.15, 0.2) is 0 Å². The Hall–Kier alpha value is -4.53. The topological polar surface area (TPSA) is 61.1 Å². The maximum Gasteiger partial charge on any atom is 0.305 e. The number of thiazole rings is 1. The first-order chi connectivity index (χ1) is 23.4. The SMILES string of the molecule is CCOC(=O)CCCOc1ccc2c(c1)C(Cc1sc3cc(-c4c(OC)cccc4OC)ccc3[n+]1C)C=C(Cl)N2Cc1ccccc1. The Labute approximate surface area is 290 Å². The number of carbonyl (C=O) groups is 1. The number of ether oxygens (including phenoxy) is 4. The molecule has 2 heterocycles. The van der Waals surface area contributed by atoms with E-state index < -0.39 is 0 Å². The van der Waals surface area contributed by atoms with Crippen LogP contribution in [0.3, 0.4) is 0 Å². The molecule has 6 rings (SSSR count). The number of rotatable bonds is 13. The Morgan fingerprint density at radius 3 is 2.46 bits per heavy atom. The van der Waals surface area contributed by atoms with Crippen molar-refractivity contribution in [3.63, 3.8) is 0 Å². The zero-order valence-electron chi connectivity index (χ0n) is 27.7. The van der Waals surface area contributed by atoms with Crippen LogP contribution in [0.1, 0.15) is 41.8 Å². The molecule has 1 aromatic heterocycles. The Kier molecular flexibility index (Phi) is 10.5. The largest absolute Gasteiger partial charge is 0.496 e. The van der Waals surface area contributed by atoms with Gasteiger partial charge < -0.3 is 23.8 Å². The summed E-state index contributed by atoms with van der Waals surface area (Å²) in [4.78, 5) is 14.0. The molecule has 0 bridgehead atoms. The van der Waals surface area contributed by atoms with Gasteiger partial charge in [-0.2, -0.15) is 4.57 Å². The molecule has 1 aliphatic rings. The normalized spacial score (nSPS) is 14.0. The van der Waals surface area contributed by atoms with Crippen molar-refractivity contribution in [2.24, 2.45) is 7.05 Å². The van der Waals surface area contributed by atoms with Gasteiger partial charge in [-0.1, -0.05) is 59.3 Å². The van der Waals surface area contributed by atoms with Gasteiger partial charge in [-0.15, -0.1) is 0 Å². The van der Waals surface area contributed by atoms with E-state index in [1.54, 1.807) is 25.6 Å². The third kappa shape index (κ3) is 7.15. The van der Waals surface area contributed by atoms with Gasteiger partial charge in [0.2, 0.25) is 10.5 Å². The minimum atomic E-state index is -0.201. The summed E-state index contributed by atoms with van der Waals surface area (Å²) < 4.78 is 26.0. The van der Waals surface area contributed by atoms with Crippen LogP contribution in [0.2, 0.25) is 0 Å². The van der Waals surface area contributed by atoms with Gasteiger partial charge in [0.05, 0.1) is 39.4 Å². The van der Waals surface area contributed by atoms with E-state index in [2.05, 4.69) is 65.1 Å². The van der Waals surface area contributed by atoms with Crippen molar-refractivity contribution in [2.45, 2.75) is 38.6 Å². The fourth-order valence-corrected chi connectivity index (χ4v) is 7.77. The Bertz CT molecular complexity index is 1920. The van der Waals surface area contributed by atoms with Gasteiger partial charge in [-0.25, -0.2) is 0 Å². The van der Waals surface area contributed by atoms with Crippen LogP contribution in [0.5, 0.6) is 17.2 Å². The van der Waals surface area contributed by atoms with Gasteiger partial charge in [0.1, 0.15) is 34.2 Å². The van der Waals surface area contributed by atoms with Gasteiger partial charge >= 0.3 is 5.97 Å². The molecule has 0 saturated heterocycles. The van der Waals surface area contributed by atoms with Crippen LogP contribution in [0.15, 0.2) is 96.2 Å². The van der Waals surface area contributed by atoms with Crippen molar-refractivity contribution in [3.05, 3.63) is 112 Å². The fraction of sp³-hybridized carbons (Fsp3) is 0.282. The average molecular weight is 684 g/mol. The molecular formula is C39H40ClN2O5S+. The number of carbonyl (C=O) groups excluding carboxylic acids is 1. The monoisotopic (exact) mass is 683 g/mol. The minimum absolute atomic E-state index is 0.0237. The second-order valence-electron chi connectivity index (χ2n) is 11.6. The van der Waals surface area contributed by atoms with Crippen LogP contribution in [0.25, 0.3) is 21.3 Å².